The molecular weight excluding hydrogens is 238 g/mol. The quantitative estimate of drug-likeness (QED) is 0.833. The van der Waals surface area contributed by atoms with Crippen molar-refractivity contribution in [1.82, 2.24) is 4.90 Å². The third-order valence-corrected chi connectivity index (χ3v) is 3.83. The van der Waals surface area contributed by atoms with E-state index in [4.69, 9.17) is 9.47 Å². The highest BCUT2D eigenvalue weighted by molar-refractivity contribution is 5.40. The number of benzene rings is 1. The standard InChI is InChI=1S/C16H25NO2/c1-12-7-13(2)10-17(9-12)11-14-5-6-15(18-3)8-16(14)19-4/h5-6,8,12-13H,7,9-11H2,1-4H3/t12-,13+. The maximum absolute atomic E-state index is 5.48. The summed E-state index contributed by atoms with van der Waals surface area (Å²) in [5.41, 5.74) is 1.24. The molecule has 0 aromatic heterocycles. The van der Waals surface area contributed by atoms with Crippen molar-refractivity contribution < 1.29 is 9.47 Å². The predicted octanol–water partition coefficient (Wildman–Crippen LogP) is 3.18. The van der Waals surface area contributed by atoms with Crippen LogP contribution in [0, 0.1) is 11.8 Å². The van der Waals surface area contributed by atoms with Gasteiger partial charge in [-0.05, 0) is 24.3 Å². The maximum atomic E-state index is 5.48. The molecule has 106 valence electrons. The van der Waals surface area contributed by atoms with Crippen molar-refractivity contribution in [3.05, 3.63) is 23.8 Å². The molecule has 1 saturated heterocycles. The Balaban J connectivity index is 2.09. The number of nitrogens with zero attached hydrogens (tertiary/aromatic N) is 1. The van der Waals surface area contributed by atoms with Gasteiger partial charge < -0.3 is 9.47 Å². The average Bonchev–Trinajstić information content (AvgIpc) is 2.38. The molecule has 0 N–H and O–H groups in total. The molecule has 1 aliphatic heterocycles. The van der Waals surface area contributed by atoms with Gasteiger partial charge >= 0.3 is 0 Å². The van der Waals surface area contributed by atoms with E-state index in [9.17, 15) is 0 Å². The molecular formula is C16H25NO2. The summed E-state index contributed by atoms with van der Waals surface area (Å²) in [6.07, 6.45) is 1.34. The lowest BCUT2D eigenvalue weighted by atomic mass is 9.91. The lowest BCUT2D eigenvalue weighted by Gasteiger charge is -2.35. The topological polar surface area (TPSA) is 21.7 Å². The highest BCUT2D eigenvalue weighted by Crippen LogP contribution is 2.28. The first kappa shape index (κ1) is 14.2. The van der Waals surface area contributed by atoms with Gasteiger partial charge in [-0.15, -0.1) is 0 Å². The number of hydrogen-bond donors (Lipinski definition) is 0. The fourth-order valence-electron chi connectivity index (χ4n) is 3.14. The van der Waals surface area contributed by atoms with Crippen molar-refractivity contribution in [2.45, 2.75) is 26.8 Å². The Kier molecular flexibility index (Phi) is 4.70. The Bertz CT molecular complexity index is 409. The van der Waals surface area contributed by atoms with Crippen LogP contribution in [0.3, 0.4) is 0 Å². The number of likely N-dealkylation sites (tertiary alicyclic amines) is 1. The van der Waals surface area contributed by atoms with E-state index in [1.807, 2.05) is 12.1 Å². The molecule has 0 unspecified atom stereocenters. The predicted molar refractivity (Wildman–Crippen MR) is 77.8 cm³/mol. The van der Waals surface area contributed by atoms with Gasteiger partial charge in [-0.1, -0.05) is 19.9 Å². The summed E-state index contributed by atoms with van der Waals surface area (Å²) < 4.78 is 10.7. The highest BCUT2D eigenvalue weighted by atomic mass is 16.5. The molecule has 0 spiro atoms. The summed E-state index contributed by atoms with van der Waals surface area (Å²) >= 11 is 0. The normalized spacial score (nSPS) is 24.2. The van der Waals surface area contributed by atoms with E-state index in [0.29, 0.717) is 0 Å². The summed E-state index contributed by atoms with van der Waals surface area (Å²) in [6, 6.07) is 6.09. The largest absolute Gasteiger partial charge is 0.497 e. The first-order chi connectivity index (χ1) is 9.12. The Labute approximate surface area is 116 Å². The van der Waals surface area contributed by atoms with Gasteiger partial charge in [-0.3, -0.25) is 4.90 Å². The second-order valence-corrected chi connectivity index (χ2v) is 5.82. The minimum absolute atomic E-state index is 0.785. The molecule has 2 atom stereocenters. The first-order valence-corrected chi connectivity index (χ1v) is 7.05. The minimum Gasteiger partial charge on any atom is -0.497 e. The second kappa shape index (κ2) is 6.29. The molecule has 1 aromatic rings. The van der Waals surface area contributed by atoms with Crippen LogP contribution in [-0.2, 0) is 6.54 Å². The Morgan fingerprint density at radius 3 is 2.37 bits per heavy atom. The van der Waals surface area contributed by atoms with Crippen LogP contribution in [0.15, 0.2) is 18.2 Å². The van der Waals surface area contributed by atoms with Crippen LogP contribution in [0.1, 0.15) is 25.8 Å². The zero-order chi connectivity index (χ0) is 13.8. The fraction of sp³-hybridized carbons (Fsp3) is 0.625. The van der Waals surface area contributed by atoms with Gasteiger partial charge in [0.25, 0.3) is 0 Å². The van der Waals surface area contributed by atoms with Crippen LogP contribution in [0.4, 0.5) is 0 Å². The van der Waals surface area contributed by atoms with Gasteiger partial charge in [-0.25, -0.2) is 0 Å². The molecule has 3 heteroatoms. The Morgan fingerprint density at radius 1 is 1.11 bits per heavy atom. The molecule has 1 fully saturated rings. The van der Waals surface area contributed by atoms with Gasteiger partial charge in [0.05, 0.1) is 14.2 Å². The summed E-state index contributed by atoms with van der Waals surface area (Å²) in [6.45, 7) is 8.00. The summed E-state index contributed by atoms with van der Waals surface area (Å²) in [5.74, 6) is 3.34. The van der Waals surface area contributed by atoms with Crippen LogP contribution < -0.4 is 9.47 Å². The molecule has 0 bridgehead atoms. The molecule has 1 aromatic carbocycles. The first-order valence-electron chi connectivity index (χ1n) is 7.05. The third-order valence-electron chi connectivity index (χ3n) is 3.83. The third kappa shape index (κ3) is 3.63. The fourth-order valence-corrected chi connectivity index (χ4v) is 3.14. The molecule has 0 amide bonds. The second-order valence-electron chi connectivity index (χ2n) is 5.82. The number of ether oxygens (including phenoxy) is 2. The van der Waals surface area contributed by atoms with Gasteiger partial charge in [-0.2, -0.15) is 0 Å². The van der Waals surface area contributed by atoms with Crippen LogP contribution in [0.2, 0.25) is 0 Å². The lowest BCUT2D eigenvalue weighted by Crippen LogP contribution is -2.38. The summed E-state index contributed by atoms with van der Waals surface area (Å²) in [7, 11) is 3.40. The van der Waals surface area contributed by atoms with E-state index in [1.165, 1.54) is 25.1 Å². The van der Waals surface area contributed by atoms with Gasteiger partial charge in [0, 0.05) is 31.3 Å². The molecule has 2 rings (SSSR count). The summed E-state index contributed by atoms with van der Waals surface area (Å²) in [5, 5.41) is 0. The minimum atomic E-state index is 0.785. The van der Waals surface area contributed by atoms with E-state index in [-0.39, 0.29) is 0 Å². The monoisotopic (exact) mass is 263 g/mol. The van der Waals surface area contributed by atoms with Crippen molar-refractivity contribution in [3.63, 3.8) is 0 Å². The maximum Gasteiger partial charge on any atom is 0.127 e. The van der Waals surface area contributed by atoms with E-state index in [2.05, 4.69) is 24.8 Å². The van der Waals surface area contributed by atoms with Crippen LogP contribution in [0.25, 0.3) is 0 Å². The zero-order valence-electron chi connectivity index (χ0n) is 12.5. The molecule has 1 heterocycles. The van der Waals surface area contributed by atoms with Crippen molar-refractivity contribution in [1.29, 1.82) is 0 Å². The van der Waals surface area contributed by atoms with Gasteiger partial charge in [0.15, 0.2) is 0 Å². The van der Waals surface area contributed by atoms with Crippen LogP contribution in [-0.4, -0.2) is 32.2 Å². The molecule has 3 nitrogen and oxygen atoms in total. The van der Waals surface area contributed by atoms with Gasteiger partial charge in [0.2, 0.25) is 0 Å². The van der Waals surface area contributed by atoms with Crippen molar-refractivity contribution >= 4 is 0 Å². The summed E-state index contributed by atoms with van der Waals surface area (Å²) in [4.78, 5) is 2.53. The smallest absolute Gasteiger partial charge is 0.127 e. The molecule has 19 heavy (non-hydrogen) atoms. The molecule has 0 radical (unpaired) electrons. The van der Waals surface area contributed by atoms with E-state index < -0.39 is 0 Å². The lowest BCUT2D eigenvalue weighted by molar-refractivity contribution is 0.133. The molecule has 0 aliphatic carbocycles. The van der Waals surface area contributed by atoms with E-state index in [1.54, 1.807) is 14.2 Å². The van der Waals surface area contributed by atoms with Crippen LogP contribution in [0.5, 0.6) is 11.5 Å². The van der Waals surface area contributed by atoms with Crippen molar-refractivity contribution in [3.8, 4) is 11.5 Å². The average molecular weight is 263 g/mol. The van der Waals surface area contributed by atoms with E-state index in [0.717, 1.165) is 29.9 Å². The van der Waals surface area contributed by atoms with Crippen molar-refractivity contribution in [2.24, 2.45) is 11.8 Å². The number of methoxy groups -OCH3 is 2. The number of rotatable bonds is 4. The zero-order valence-corrected chi connectivity index (χ0v) is 12.5. The van der Waals surface area contributed by atoms with Gasteiger partial charge in [0.1, 0.15) is 11.5 Å². The molecule has 0 saturated carbocycles. The van der Waals surface area contributed by atoms with Crippen LogP contribution >= 0.6 is 0 Å². The molecule has 1 aliphatic rings. The Morgan fingerprint density at radius 2 is 1.79 bits per heavy atom. The highest BCUT2D eigenvalue weighted by Gasteiger charge is 2.22. The number of hydrogen-bond acceptors (Lipinski definition) is 3. The van der Waals surface area contributed by atoms with Crippen molar-refractivity contribution in [2.75, 3.05) is 27.3 Å². The SMILES string of the molecule is COc1ccc(CN2C[C@H](C)C[C@H](C)C2)c(OC)c1. The Hall–Kier alpha value is -1.22. The number of piperidine rings is 1. The van der Waals surface area contributed by atoms with E-state index >= 15 is 0 Å².